The summed E-state index contributed by atoms with van der Waals surface area (Å²) < 4.78 is 5.19. The molecule has 0 saturated heterocycles. The Balaban J connectivity index is 1.83. The summed E-state index contributed by atoms with van der Waals surface area (Å²) in [6, 6.07) is 0. The number of esters is 1. The summed E-state index contributed by atoms with van der Waals surface area (Å²) in [6.07, 6.45) is 6.78. The first-order chi connectivity index (χ1) is 11.4. The number of aliphatic carboxylic acids is 1. The van der Waals surface area contributed by atoms with Gasteiger partial charge in [0.05, 0.1) is 7.11 Å². The second-order valence-electron chi connectivity index (χ2n) is 9.10. The zero-order valence-corrected chi connectivity index (χ0v) is 15.0. The summed E-state index contributed by atoms with van der Waals surface area (Å²) >= 11 is 0. The third kappa shape index (κ3) is 1.86. The maximum atomic E-state index is 13.1. The van der Waals surface area contributed by atoms with Gasteiger partial charge in [-0.05, 0) is 85.9 Å². The van der Waals surface area contributed by atoms with Gasteiger partial charge >= 0.3 is 11.9 Å². The van der Waals surface area contributed by atoms with Gasteiger partial charge in [-0.1, -0.05) is 13.8 Å². The molecule has 0 aromatic rings. The molecular weight excluding hydrogens is 304 g/mol. The Hall–Kier alpha value is -1.06. The highest BCUT2D eigenvalue weighted by atomic mass is 16.5. The van der Waals surface area contributed by atoms with Crippen molar-refractivity contribution in [2.24, 2.45) is 52.8 Å². The first kappa shape index (κ1) is 16.4. The molecule has 4 saturated carbocycles. The molecule has 0 amide bonds. The maximum absolute atomic E-state index is 13.1. The average molecular weight is 334 g/mol. The predicted octanol–water partition coefficient (Wildman–Crippen LogP) is 3.59. The molecular formula is C20H30O4. The molecule has 0 heterocycles. The predicted molar refractivity (Wildman–Crippen MR) is 89.1 cm³/mol. The summed E-state index contributed by atoms with van der Waals surface area (Å²) in [5, 5.41) is 10.4. The largest absolute Gasteiger partial charge is 0.480 e. The van der Waals surface area contributed by atoms with E-state index in [-0.39, 0.29) is 11.8 Å². The van der Waals surface area contributed by atoms with Gasteiger partial charge < -0.3 is 9.84 Å². The van der Waals surface area contributed by atoms with Crippen molar-refractivity contribution in [3.8, 4) is 0 Å². The molecule has 4 bridgehead atoms. The number of carboxylic acids is 1. The molecule has 1 N–H and O–H groups in total. The minimum atomic E-state index is -1.33. The van der Waals surface area contributed by atoms with E-state index in [0.717, 1.165) is 25.7 Å². The molecule has 0 aromatic heterocycles. The van der Waals surface area contributed by atoms with Crippen molar-refractivity contribution in [2.75, 3.05) is 7.11 Å². The SMILES string of the molecule is COC(=O)C(C(=O)O)(C1C2CCC(C2)C1C)C1C2CCC(C2)C1C. The quantitative estimate of drug-likeness (QED) is 0.630. The van der Waals surface area contributed by atoms with E-state index in [4.69, 9.17) is 4.74 Å². The second kappa shape index (κ2) is 5.47. The van der Waals surface area contributed by atoms with Crippen LogP contribution < -0.4 is 0 Å². The fourth-order valence-electron chi connectivity index (χ4n) is 7.77. The van der Waals surface area contributed by atoms with E-state index >= 15 is 0 Å². The van der Waals surface area contributed by atoms with E-state index < -0.39 is 17.4 Å². The van der Waals surface area contributed by atoms with Crippen LogP contribution in [-0.4, -0.2) is 24.2 Å². The van der Waals surface area contributed by atoms with Crippen molar-refractivity contribution < 1.29 is 19.4 Å². The zero-order chi connectivity index (χ0) is 17.2. The van der Waals surface area contributed by atoms with Crippen LogP contribution in [0, 0.1) is 52.8 Å². The molecule has 8 unspecified atom stereocenters. The Bertz CT molecular complexity index is 520. The number of methoxy groups -OCH3 is 1. The highest BCUT2D eigenvalue weighted by molar-refractivity contribution is 6.00. The number of ether oxygens (including phenoxy) is 1. The number of hydrogen-bond acceptors (Lipinski definition) is 3. The summed E-state index contributed by atoms with van der Waals surface area (Å²) in [5.74, 6) is 1.09. The van der Waals surface area contributed by atoms with E-state index in [1.807, 2.05) is 0 Å². The lowest BCUT2D eigenvalue weighted by Gasteiger charge is -2.48. The van der Waals surface area contributed by atoms with Gasteiger partial charge in [-0.3, -0.25) is 9.59 Å². The number of carbonyl (C=O) groups excluding carboxylic acids is 1. The van der Waals surface area contributed by atoms with E-state index in [2.05, 4.69) is 13.8 Å². The lowest BCUT2D eigenvalue weighted by Crippen LogP contribution is -2.58. The Labute approximate surface area is 144 Å². The molecule has 0 aliphatic heterocycles. The van der Waals surface area contributed by atoms with E-state index in [1.54, 1.807) is 0 Å². The lowest BCUT2D eigenvalue weighted by atomic mass is 9.53. The fraction of sp³-hybridized carbons (Fsp3) is 0.900. The molecule has 24 heavy (non-hydrogen) atoms. The molecule has 8 atom stereocenters. The van der Waals surface area contributed by atoms with Crippen LogP contribution in [0.3, 0.4) is 0 Å². The highest BCUT2D eigenvalue weighted by Gasteiger charge is 2.70. The van der Waals surface area contributed by atoms with E-state index in [0.29, 0.717) is 35.5 Å². The first-order valence-corrected chi connectivity index (χ1v) is 9.74. The van der Waals surface area contributed by atoms with Crippen LogP contribution >= 0.6 is 0 Å². The van der Waals surface area contributed by atoms with Crippen LogP contribution in [0.2, 0.25) is 0 Å². The average Bonchev–Trinajstić information content (AvgIpc) is 3.30. The summed E-state index contributed by atoms with van der Waals surface area (Å²) in [7, 11) is 1.37. The maximum Gasteiger partial charge on any atom is 0.323 e. The second-order valence-corrected chi connectivity index (χ2v) is 9.10. The Morgan fingerprint density at radius 1 is 0.875 bits per heavy atom. The third-order valence-electron chi connectivity index (χ3n) is 8.59. The number of hydrogen-bond donors (Lipinski definition) is 1. The van der Waals surface area contributed by atoms with Gasteiger partial charge in [0.15, 0.2) is 5.41 Å². The first-order valence-electron chi connectivity index (χ1n) is 9.74. The number of rotatable bonds is 4. The van der Waals surface area contributed by atoms with Gasteiger partial charge in [-0.25, -0.2) is 0 Å². The summed E-state index contributed by atoms with van der Waals surface area (Å²) in [4.78, 5) is 25.8. The van der Waals surface area contributed by atoms with Crippen LogP contribution in [0.5, 0.6) is 0 Å². The van der Waals surface area contributed by atoms with Crippen molar-refractivity contribution in [3.63, 3.8) is 0 Å². The molecule has 0 radical (unpaired) electrons. The fourth-order valence-corrected chi connectivity index (χ4v) is 7.77. The topological polar surface area (TPSA) is 63.6 Å². The summed E-state index contributed by atoms with van der Waals surface area (Å²) in [6.45, 7) is 4.37. The van der Waals surface area contributed by atoms with Crippen LogP contribution in [-0.2, 0) is 14.3 Å². The Morgan fingerprint density at radius 3 is 1.58 bits per heavy atom. The summed E-state index contributed by atoms with van der Waals surface area (Å²) in [5.41, 5.74) is -1.33. The van der Waals surface area contributed by atoms with Crippen molar-refractivity contribution in [3.05, 3.63) is 0 Å². The lowest BCUT2D eigenvalue weighted by molar-refractivity contribution is -0.187. The van der Waals surface area contributed by atoms with Crippen molar-refractivity contribution >= 4 is 11.9 Å². The Morgan fingerprint density at radius 2 is 1.29 bits per heavy atom. The van der Waals surface area contributed by atoms with Gasteiger partial charge in [0.25, 0.3) is 0 Å². The molecule has 0 spiro atoms. The number of carbonyl (C=O) groups is 2. The smallest absolute Gasteiger partial charge is 0.323 e. The van der Waals surface area contributed by atoms with Crippen LogP contribution in [0.25, 0.3) is 0 Å². The number of carboxylic acid groups (broad SMARTS) is 1. The van der Waals surface area contributed by atoms with Gasteiger partial charge in [-0.15, -0.1) is 0 Å². The zero-order valence-electron chi connectivity index (χ0n) is 15.0. The molecule has 4 heteroatoms. The molecule has 4 fully saturated rings. The van der Waals surface area contributed by atoms with Gasteiger partial charge in [0.2, 0.25) is 0 Å². The molecule has 4 aliphatic rings. The third-order valence-corrected chi connectivity index (χ3v) is 8.59. The normalized spacial score (nSPS) is 48.5. The minimum Gasteiger partial charge on any atom is -0.480 e. The monoisotopic (exact) mass is 334 g/mol. The Kier molecular flexibility index (Phi) is 3.74. The van der Waals surface area contributed by atoms with Crippen molar-refractivity contribution in [1.82, 2.24) is 0 Å². The van der Waals surface area contributed by atoms with E-state index in [1.165, 1.54) is 20.0 Å². The van der Waals surface area contributed by atoms with Crippen molar-refractivity contribution in [1.29, 1.82) is 0 Å². The van der Waals surface area contributed by atoms with Gasteiger partial charge in [0, 0.05) is 0 Å². The number of fused-ring (bicyclic) bond motifs is 4. The molecule has 0 aromatic carbocycles. The molecule has 4 nitrogen and oxygen atoms in total. The highest BCUT2D eigenvalue weighted by Crippen LogP contribution is 2.66. The van der Waals surface area contributed by atoms with Crippen LogP contribution in [0.15, 0.2) is 0 Å². The minimum absolute atomic E-state index is 0.0481. The van der Waals surface area contributed by atoms with Gasteiger partial charge in [-0.2, -0.15) is 0 Å². The van der Waals surface area contributed by atoms with Crippen LogP contribution in [0.4, 0.5) is 0 Å². The van der Waals surface area contributed by atoms with Crippen molar-refractivity contribution in [2.45, 2.75) is 52.4 Å². The van der Waals surface area contributed by atoms with Gasteiger partial charge in [0.1, 0.15) is 0 Å². The molecule has 4 aliphatic carbocycles. The molecule has 134 valence electrons. The van der Waals surface area contributed by atoms with Crippen LogP contribution in [0.1, 0.15) is 52.4 Å². The standard InChI is InChI=1S/C20H30O4/c1-10-12-4-6-14(8-12)16(10)20(18(21)22,19(23)24-3)17-11(2)13-5-7-15(17)9-13/h10-17H,4-9H2,1-3H3,(H,21,22). The van der Waals surface area contributed by atoms with E-state index in [9.17, 15) is 14.7 Å². The molecule has 4 rings (SSSR count).